The van der Waals surface area contributed by atoms with E-state index < -0.39 is 0 Å². The lowest BCUT2D eigenvalue weighted by atomic mass is 9.98. The average Bonchev–Trinajstić information content (AvgIpc) is 3.06. The van der Waals surface area contributed by atoms with Crippen LogP contribution < -0.4 is 0 Å². The maximum absolute atomic E-state index is 11.1. The Balaban J connectivity index is 2.12. The first-order chi connectivity index (χ1) is 12.2. The summed E-state index contributed by atoms with van der Waals surface area (Å²) < 4.78 is 4.67. The Morgan fingerprint density at radius 1 is 1.32 bits per heavy atom. The second-order valence-electron chi connectivity index (χ2n) is 7.28. The molecule has 0 heterocycles. The molecule has 2 atom stereocenters. The predicted octanol–water partition coefficient (Wildman–Crippen LogP) is 6.91. The van der Waals surface area contributed by atoms with E-state index in [0.29, 0.717) is 12.3 Å². The highest BCUT2D eigenvalue weighted by molar-refractivity contribution is 8.03. The summed E-state index contributed by atoms with van der Waals surface area (Å²) in [5.74, 6) is 2.61. The summed E-state index contributed by atoms with van der Waals surface area (Å²) in [4.78, 5) is 12.6. The molecule has 0 radical (unpaired) electrons. The zero-order valence-electron chi connectivity index (χ0n) is 16.6. The van der Waals surface area contributed by atoms with Crippen LogP contribution in [0.1, 0.15) is 84.5 Å². The van der Waals surface area contributed by atoms with Gasteiger partial charge in [-0.3, -0.25) is 4.79 Å². The van der Waals surface area contributed by atoms with Crippen molar-refractivity contribution in [2.75, 3.05) is 12.9 Å². The van der Waals surface area contributed by atoms with Gasteiger partial charge >= 0.3 is 5.97 Å². The number of carbonyl (C=O) groups excluding carboxylic acids is 1. The maximum atomic E-state index is 11.1. The molecule has 0 fully saturated rings. The largest absolute Gasteiger partial charge is 0.469 e. The molecule has 0 bridgehead atoms. The van der Waals surface area contributed by atoms with E-state index in [1.54, 1.807) is 4.91 Å². The number of hydrogen-bond donors (Lipinski definition) is 0. The van der Waals surface area contributed by atoms with Crippen molar-refractivity contribution in [2.45, 2.75) is 84.5 Å². The number of carbonyl (C=O) groups is 1. The van der Waals surface area contributed by atoms with E-state index >= 15 is 0 Å². The monoisotopic (exact) mass is 366 g/mol. The third-order valence-electron chi connectivity index (χ3n) is 4.96. The molecular formula is C22H38O2S. The van der Waals surface area contributed by atoms with Crippen LogP contribution in [0.15, 0.2) is 23.1 Å². The van der Waals surface area contributed by atoms with Crippen molar-refractivity contribution in [3.8, 4) is 0 Å². The van der Waals surface area contributed by atoms with Gasteiger partial charge in [0, 0.05) is 12.3 Å². The Hall–Kier alpha value is -0.700. The molecule has 0 aromatic carbocycles. The second kappa shape index (κ2) is 14.5. The van der Waals surface area contributed by atoms with Crippen LogP contribution in [0.3, 0.4) is 0 Å². The minimum atomic E-state index is -0.0830. The Morgan fingerprint density at radius 2 is 2.16 bits per heavy atom. The van der Waals surface area contributed by atoms with Gasteiger partial charge in [-0.2, -0.15) is 0 Å². The highest BCUT2D eigenvalue weighted by atomic mass is 32.2. The van der Waals surface area contributed by atoms with Crippen molar-refractivity contribution >= 4 is 17.7 Å². The van der Waals surface area contributed by atoms with Gasteiger partial charge in [-0.05, 0) is 55.1 Å². The normalized spacial score (nSPS) is 18.5. The van der Waals surface area contributed by atoms with Crippen molar-refractivity contribution in [1.29, 1.82) is 0 Å². The Kier molecular flexibility index (Phi) is 12.9. The van der Waals surface area contributed by atoms with E-state index in [1.807, 2.05) is 11.8 Å². The van der Waals surface area contributed by atoms with Crippen LogP contribution in [0, 0.1) is 11.8 Å². The molecular weight excluding hydrogens is 328 g/mol. The predicted molar refractivity (Wildman–Crippen MR) is 111 cm³/mol. The summed E-state index contributed by atoms with van der Waals surface area (Å²) in [6, 6.07) is 0. The number of ether oxygens (including phenoxy) is 1. The molecule has 0 aromatic rings. The van der Waals surface area contributed by atoms with Crippen LogP contribution in [0.4, 0.5) is 0 Å². The van der Waals surface area contributed by atoms with Crippen LogP contribution in [0.25, 0.3) is 0 Å². The first-order valence-electron chi connectivity index (χ1n) is 10.2. The number of methoxy groups -OCH3 is 1. The van der Waals surface area contributed by atoms with E-state index in [4.69, 9.17) is 0 Å². The first-order valence-corrected chi connectivity index (χ1v) is 11.2. The number of esters is 1. The zero-order chi connectivity index (χ0) is 18.3. The number of allylic oxidation sites excluding steroid dienone is 4. The summed E-state index contributed by atoms with van der Waals surface area (Å²) in [6.07, 6.45) is 20.3. The fourth-order valence-electron chi connectivity index (χ4n) is 3.23. The van der Waals surface area contributed by atoms with E-state index in [0.717, 1.165) is 18.8 Å². The number of rotatable bonds is 14. The van der Waals surface area contributed by atoms with Crippen LogP contribution in [-0.4, -0.2) is 18.8 Å². The number of unbranched alkanes of at least 4 members (excludes halogenated alkanes) is 3. The smallest absolute Gasteiger partial charge is 0.305 e. The Morgan fingerprint density at radius 3 is 2.92 bits per heavy atom. The van der Waals surface area contributed by atoms with Gasteiger partial charge in [0.1, 0.15) is 0 Å². The van der Waals surface area contributed by atoms with E-state index in [1.165, 1.54) is 64.2 Å². The quantitative estimate of drug-likeness (QED) is 0.190. The zero-order valence-corrected chi connectivity index (χ0v) is 17.4. The Labute approximate surface area is 159 Å². The van der Waals surface area contributed by atoms with Gasteiger partial charge in [-0.1, -0.05) is 57.8 Å². The van der Waals surface area contributed by atoms with Gasteiger partial charge in [0.25, 0.3) is 0 Å². The van der Waals surface area contributed by atoms with Gasteiger partial charge in [0.15, 0.2) is 0 Å². The fraction of sp³-hybridized carbons (Fsp3) is 0.773. The molecule has 144 valence electrons. The number of hydrogen-bond acceptors (Lipinski definition) is 3. The molecule has 1 aliphatic rings. The molecule has 2 nitrogen and oxygen atoms in total. The van der Waals surface area contributed by atoms with Crippen molar-refractivity contribution in [1.82, 2.24) is 0 Å². The van der Waals surface area contributed by atoms with Crippen LogP contribution >= 0.6 is 11.8 Å². The van der Waals surface area contributed by atoms with Crippen molar-refractivity contribution in [2.24, 2.45) is 11.8 Å². The van der Waals surface area contributed by atoms with Gasteiger partial charge in [0.05, 0.1) is 7.11 Å². The molecule has 0 N–H and O–H groups in total. The lowest BCUT2D eigenvalue weighted by Crippen LogP contribution is -1.99. The molecule has 1 aliphatic carbocycles. The average molecular weight is 367 g/mol. The minimum Gasteiger partial charge on any atom is -0.469 e. The molecule has 0 spiro atoms. The van der Waals surface area contributed by atoms with Crippen molar-refractivity contribution in [3.05, 3.63) is 23.1 Å². The van der Waals surface area contributed by atoms with E-state index in [-0.39, 0.29) is 5.97 Å². The minimum absolute atomic E-state index is 0.0830. The summed E-state index contributed by atoms with van der Waals surface area (Å²) in [5.41, 5.74) is 0. The van der Waals surface area contributed by atoms with Gasteiger partial charge in [0.2, 0.25) is 0 Å². The fourth-order valence-corrected chi connectivity index (χ4v) is 4.46. The third kappa shape index (κ3) is 10.8. The molecule has 0 amide bonds. The summed E-state index contributed by atoms with van der Waals surface area (Å²) in [5, 5.41) is 0. The Bertz CT molecular complexity index is 414. The third-order valence-corrected chi connectivity index (χ3v) is 6.25. The molecule has 3 heteroatoms. The standard InChI is InChI=1S/C22H38O2S/c1-4-5-12-19(2)13-8-9-14-20-15-11-16-21(20)25-18-10-6-7-17-22(23)24-3/h9,14,16,19-20H,4-8,10-13,15,17-18H2,1-3H3/b14-9+. The molecule has 0 aromatic heterocycles. The molecule has 0 saturated carbocycles. The summed E-state index contributed by atoms with van der Waals surface area (Å²) >= 11 is 2.03. The first kappa shape index (κ1) is 22.3. The van der Waals surface area contributed by atoms with Crippen molar-refractivity contribution < 1.29 is 9.53 Å². The molecule has 1 rings (SSSR count). The summed E-state index contributed by atoms with van der Waals surface area (Å²) in [7, 11) is 1.46. The van der Waals surface area contributed by atoms with Gasteiger partial charge in [-0.25, -0.2) is 0 Å². The summed E-state index contributed by atoms with van der Waals surface area (Å²) in [6.45, 7) is 4.66. The van der Waals surface area contributed by atoms with Gasteiger partial charge in [-0.15, -0.1) is 11.8 Å². The topological polar surface area (TPSA) is 26.3 Å². The van der Waals surface area contributed by atoms with Crippen LogP contribution in [-0.2, 0) is 9.53 Å². The molecule has 25 heavy (non-hydrogen) atoms. The lowest BCUT2D eigenvalue weighted by molar-refractivity contribution is -0.140. The number of thioether (sulfide) groups is 1. The molecule has 0 saturated heterocycles. The maximum Gasteiger partial charge on any atom is 0.305 e. The van der Waals surface area contributed by atoms with Crippen molar-refractivity contribution in [3.63, 3.8) is 0 Å². The van der Waals surface area contributed by atoms with E-state index in [9.17, 15) is 4.79 Å². The van der Waals surface area contributed by atoms with Crippen LogP contribution in [0.2, 0.25) is 0 Å². The van der Waals surface area contributed by atoms with Crippen LogP contribution in [0.5, 0.6) is 0 Å². The molecule has 2 unspecified atom stereocenters. The molecule has 0 aliphatic heterocycles. The van der Waals surface area contributed by atoms with E-state index in [2.05, 4.69) is 36.8 Å². The highest BCUT2D eigenvalue weighted by Gasteiger charge is 2.16. The highest BCUT2D eigenvalue weighted by Crippen LogP contribution is 2.36. The second-order valence-corrected chi connectivity index (χ2v) is 8.45. The lowest BCUT2D eigenvalue weighted by Gasteiger charge is -2.11. The van der Waals surface area contributed by atoms with Gasteiger partial charge < -0.3 is 4.74 Å². The SMILES string of the molecule is CCCCC(C)CC/C=C/C1CCC=C1SCCCCCC(=O)OC.